The number of aromatic hydroxyl groups is 1. The number of pyridine rings is 1. The molecule has 9 nitrogen and oxygen atoms in total. The van der Waals surface area contributed by atoms with Crippen LogP contribution in [0.3, 0.4) is 0 Å². The van der Waals surface area contributed by atoms with Gasteiger partial charge in [0, 0.05) is 19.9 Å². The number of ether oxygens (including phenoxy) is 1. The van der Waals surface area contributed by atoms with Gasteiger partial charge in [0.05, 0.1) is 12.6 Å². The zero-order chi connectivity index (χ0) is 17.3. The number of hydrogen-bond acceptors (Lipinski definition) is 6. The normalized spacial score (nSPS) is 15.5. The Kier molecular flexibility index (Phi) is 4.60. The van der Waals surface area contributed by atoms with Crippen molar-refractivity contribution in [2.75, 3.05) is 31.9 Å². The van der Waals surface area contributed by atoms with Gasteiger partial charge < -0.3 is 19.8 Å². The fourth-order valence-electron chi connectivity index (χ4n) is 2.53. The number of carbonyl (C=O) groups excluding carboxylic acids is 1. The summed E-state index contributed by atoms with van der Waals surface area (Å²) < 4.78 is 6.28. The predicted octanol–water partition coefficient (Wildman–Crippen LogP) is -0.342. The topological polar surface area (TPSA) is 112 Å². The molecule has 0 saturated carbocycles. The molecule has 1 aliphatic rings. The van der Waals surface area contributed by atoms with Gasteiger partial charge in [0.25, 0.3) is 5.91 Å². The highest BCUT2D eigenvalue weighted by Gasteiger charge is 2.35. The lowest BCUT2D eigenvalue weighted by Crippen LogP contribution is -2.57. The van der Waals surface area contributed by atoms with E-state index in [1.807, 2.05) is 6.92 Å². The van der Waals surface area contributed by atoms with E-state index in [0.717, 1.165) is 6.20 Å². The smallest absolute Gasteiger partial charge is 0.341 e. The van der Waals surface area contributed by atoms with E-state index in [2.05, 4.69) is 0 Å². The minimum Gasteiger partial charge on any atom is -0.502 e. The molecule has 1 aromatic rings. The van der Waals surface area contributed by atoms with Gasteiger partial charge in [-0.2, -0.15) is 0 Å². The summed E-state index contributed by atoms with van der Waals surface area (Å²) in [6.07, 6.45) is 1.07. The van der Waals surface area contributed by atoms with Crippen molar-refractivity contribution in [3.63, 3.8) is 0 Å². The number of hydrogen-bond donors (Lipinski definition) is 2. The molecule has 9 heteroatoms. The van der Waals surface area contributed by atoms with Crippen molar-refractivity contribution in [1.82, 2.24) is 9.58 Å². The van der Waals surface area contributed by atoms with Crippen LogP contribution in [0.2, 0.25) is 0 Å². The second-order valence-electron chi connectivity index (χ2n) is 5.26. The highest BCUT2D eigenvalue weighted by atomic mass is 16.5. The average Bonchev–Trinajstić information content (AvgIpc) is 2.50. The maximum Gasteiger partial charge on any atom is 0.341 e. The molecule has 126 valence electrons. The second-order valence-corrected chi connectivity index (χ2v) is 5.26. The largest absolute Gasteiger partial charge is 0.502 e. The molecule has 1 aliphatic heterocycles. The van der Waals surface area contributed by atoms with Gasteiger partial charge in [-0.1, -0.05) is 0 Å². The molecule has 0 saturated heterocycles. The third kappa shape index (κ3) is 2.74. The van der Waals surface area contributed by atoms with Crippen LogP contribution in [0.4, 0.5) is 0 Å². The molecule has 1 aromatic heterocycles. The molecule has 2 heterocycles. The van der Waals surface area contributed by atoms with E-state index in [0.29, 0.717) is 13.2 Å². The summed E-state index contributed by atoms with van der Waals surface area (Å²) in [5.41, 5.74) is -1.90. The van der Waals surface area contributed by atoms with Crippen molar-refractivity contribution in [3.8, 4) is 5.75 Å². The summed E-state index contributed by atoms with van der Waals surface area (Å²) in [6.45, 7) is 4.52. The average molecular weight is 325 g/mol. The number of rotatable bonds is 5. The lowest BCUT2D eigenvalue weighted by molar-refractivity contribution is 0.0481. The Hall–Kier alpha value is -2.55. The monoisotopic (exact) mass is 325 g/mol. The van der Waals surface area contributed by atoms with Crippen LogP contribution in [0.1, 0.15) is 34.7 Å². The molecule has 2 N–H and O–H groups in total. The van der Waals surface area contributed by atoms with E-state index in [-0.39, 0.29) is 18.4 Å². The van der Waals surface area contributed by atoms with Crippen LogP contribution in [-0.4, -0.2) is 64.6 Å². The van der Waals surface area contributed by atoms with Crippen LogP contribution in [0.5, 0.6) is 5.75 Å². The van der Waals surface area contributed by atoms with Gasteiger partial charge in [0.2, 0.25) is 5.43 Å². The minimum atomic E-state index is -1.46. The Labute approximate surface area is 132 Å². The van der Waals surface area contributed by atoms with Crippen molar-refractivity contribution in [3.05, 3.63) is 27.7 Å². The zero-order valence-electron chi connectivity index (χ0n) is 13.1. The first kappa shape index (κ1) is 16.8. The van der Waals surface area contributed by atoms with Crippen molar-refractivity contribution in [2.24, 2.45) is 0 Å². The Balaban J connectivity index is 2.62. The first-order chi connectivity index (χ1) is 10.8. The van der Waals surface area contributed by atoms with Crippen LogP contribution in [-0.2, 0) is 4.74 Å². The third-order valence-corrected chi connectivity index (χ3v) is 3.78. The molecule has 1 atom stereocenters. The van der Waals surface area contributed by atoms with Gasteiger partial charge in [-0.3, -0.25) is 19.3 Å². The Morgan fingerprint density at radius 3 is 2.61 bits per heavy atom. The number of carboxylic acid groups (broad SMARTS) is 1. The van der Waals surface area contributed by atoms with E-state index in [1.165, 1.54) is 16.7 Å². The fourth-order valence-corrected chi connectivity index (χ4v) is 2.53. The maximum absolute atomic E-state index is 12.6. The number of carboxylic acids is 1. The molecule has 23 heavy (non-hydrogen) atoms. The summed E-state index contributed by atoms with van der Waals surface area (Å²) >= 11 is 0. The highest BCUT2D eigenvalue weighted by molar-refractivity contribution is 5.98. The number of carbonyl (C=O) groups is 2. The van der Waals surface area contributed by atoms with Gasteiger partial charge in [-0.25, -0.2) is 4.79 Å². The summed E-state index contributed by atoms with van der Waals surface area (Å²) in [5, 5.41) is 20.8. The number of aromatic carboxylic acids is 1. The van der Waals surface area contributed by atoms with E-state index in [9.17, 15) is 19.5 Å². The SMILES string of the molecule is CCN1CN([C@@H](C)COC)C(=O)c2c(O)c(=O)c(C(=O)O)cn21. The Bertz CT molecular complexity index is 698. The van der Waals surface area contributed by atoms with E-state index >= 15 is 0 Å². The fraction of sp³-hybridized carbons (Fsp3) is 0.500. The van der Waals surface area contributed by atoms with Crippen LogP contribution < -0.4 is 10.4 Å². The van der Waals surface area contributed by atoms with Crippen LogP contribution in [0, 0.1) is 0 Å². The third-order valence-electron chi connectivity index (χ3n) is 3.78. The molecular weight excluding hydrogens is 306 g/mol. The van der Waals surface area contributed by atoms with Crippen LogP contribution in [0.15, 0.2) is 11.0 Å². The molecule has 0 unspecified atom stereocenters. The minimum absolute atomic E-state index is 0.189. The molecule has 0 bridgehead atoms. The number of methoxy groups -OCH3 is 1. The van der Waals surface area contributed by atoms with Crippen LogP contribution >= 0.6 is 0 Å². The Morgan fingerprint density at radius 1 is 1.43 bits per heavy atom. The van der Waals surface area contributed by atoms with Crippen molar-refractivity contribution in [2.45, 2.75) is 19.9 Å². The lowest BCUT2D eigenvalue weighted by Gasteiger charge is -2.41. The molecule has 1 amide bonds. The van der Waals surface area contributed by atoms with E-state index < -0.39 is 28.6 Å². The molecule has 0 aliphatic carbocycles. The van der Waals surface area contributed by atoms with E-state index in [4.69, 9.17) is 9.84 Å². The zero-order valence-corrected chi connectivity index (χ0v) is 13.1. The molecule has 2 rings (SSSR count). The van der Waals surface area contributed by atoms with Gasteiger partial charge in [0.1, 0.15) is 12.2 Å². The van der Waals surface area contributed by atoms with Crippen molar-refractivity contribution < 1.29 is 24.5 Å². The van der Waals surface area contributed by atoms with Crippen molar-refractivity contribution >= 4 is 11.9 Å². The first-order valence-electron chi connectivity index (χ1n) is 7.10. The number of amides is 1. The van der Waals surface area contributed by atoms with Gasteiger partial charge in [-0.15, -0.1) is 0 Å². The number of fused-ring (bicyclic) bond motifs is 1. The summed E-state index contributed by atoms with van der Waals surface area (Å²) in [6, 6.07) is -0.274. The number of nitrogens with zero attached hydrogens (tertiary/aromatic N) is 3. The van der Waals surface area contributed by atoms with Crippen molar-refractivity contribution in [1.29, 1.82) is 0 Å². The standard InChI is InChI=1S/C14H19N3O6/c1-4-15-7-16(8(2)6-23-3)13(20)10-12(19)11(18)9(14(21)22)5-17(10)15/h5,8,19H,4,6-7H2,1-3H3,(H,21,22)/t8-/m0/s1. The molecule has 0 aromatic carbocycles. The maximum atomic E-state index is 12.6. The second kappa shape index (κ2) is 6.29. The van der Waals surface area contributed by atoms with E-state index in [1.54, 1.807) is 11.9 Å². The summed E-state index contributed by atoms with van der Waals surface area (Å²) in [7, 11) is 1.51. The Morgan fingerprint density at radius 2 is 2.09 bits per heavy atom. The molecule has 0 radical (unpaired) electrons. The molecule has 0 spiro atoms. The lowest BCUT2D eigenvalue weighted by atomic mass is 10.1. The number of aromatic nitrogens is 1. The predicted molar refractivity (Wildman–Crippen MR) is 80.5 cm³/mol. The summed E-state index contributed by atoms with van der Waals surface area (Å²) in [4.78, 5) is 37.2. The highest BCUT2D eigenvalue weighted by Crippen LogP contribution is 2.22. The molecular formula is C14H19N3O6. The quantitative estimate of drug-likeness (QED) is 0.761. The first-order valence-corrected chi connectivity index (χ1v) is 7.10. The van der Waals surface area contributed by atoms with Gasteiger partial charge >= 0.3 is 5.97 Å². The van der Waals surface area contributed by atoms with Crippen LogP contribution in [0.25, 0.3) is 0 Å². The summed E-state index contributed by atoms with van der Waals surface area (Å²) in [5.74, 6) is -2.87. The van der Waals surface area contributed by atoms with Gasteiger partial charge in [-0.05, 0) is 13.8 Å². The molecule has 0 fully saturated rings. The van der Waals surface area contributed by atoms with Gasteiger partial charge in [0.15, 0.2) is 11.4 Å².